The van der Waals surface area contributed by atoms with Gasteiger partial charge in [-0.3, -0.25) is 4.90 Å². The van der Waals surface area contributed by atoms with Crippen molar-refractivity contribution in [1.29, 1.82) is 0 Å². The van der Waals surface area contributed by atoms with Crippen LogP contribution in [0.15, 0.2) is 48.6 Å². The Morgan fingerprint density at radius 2 is 0.957 bits per heavy atom. The number of hydrogen-bond donors (Lipinski definition) is 1. The van der Waals surface area contributed by atoms with Crippen molar-refractivity contribution < 1.29 is 9.53 Å². The van der Waals surface area contributed by atoms with E-state index in [9.17, 15) is 4.79 Å². The van der Waals surface area contributed by atoms with Gasteiger partial charge in [-0.1, -0.05) is 153 Å². The van der Waals surface area contributed by atoms with Crippen molar-refractivity contribution in [2.75, 3.05) is 14.1 Å². The maximum Gasteiger partial charge on any atom is 0.406 e. The number of unbranched alkanes of at least 4 members (excludes halogenated alkanes) is 18. The van der Waals surface area contributed by atoms with E-state index in [2.05, 4.69) is 74.3 Å². The average molecular weight is 643 g/mol. The minimum absolute atomic E-state index is 0.249. The molecular formula is C42H78N2O2. The number of nitrogens with zero attached hydrogens (tertiary/aromatic N) is 1. The van der Waals surface area contributed by atoms with Crippen LogP contribution in [0.5, 0.6) is 0 Å². The molecule has 0 heterocycles. The van der Waals surface area contributed by atoms with Gasteiger partial charge in [-0.15, -0.1) is 0 Å². The van der Waals surface area contributed by atoms with Gasteiger partial charge in [0.15, 0.2) is 5.72 Å². The van der Waals surface area contributed by atoms with E-state index in [4.69, 9.17) is 10.5 Å². The summed E-state index contributed by atoms with van der Waals surface area (Å²) in [6.45, 7) is 6.75. The number of nitrogens with two attached hydrogens (primary N) is 1. The van der Waals surface area contributed by atoms with Crippen LogP contribution in [0.25, 0.3) is 0 Å². The van der Waals surface area contributed by atoms with Gasteiger partial charge in [0, 0.05) is 12.3 Å². The summed E-state index contributed by atoms with van der Waals surface area (Å²) in [6, 6.07) is 0. The van der Waals surface area contributed by atoms with Crippen LogP contribution in [-0.4, -0.2) is 30.8 Å². The third-order valence-corrected chi connectivity index (χ3v) is 9.38. The molecule has 0 aliphatic heterocycles. The molecule has 0 aromatic rings. The van der Waals surface area contributed by atoms with Gasteiger partial charge in [-0.05, 0) is 91.1 Å². The summed E-state index contributed by atoms with van der Waals surface area (Å²) < 4.78 is 5.91. The topological polar surface area (TPSA) is 55.6 Å². The second-order valence-electron chi connectivity index (χ2n) is 13.8. The predicted octanol–water partition coefficient (Wildman–Crippen LogP) is 13.4. The van der Waals surface area contributed by atoms with Crippen LogP contribution < -0.4 is 5.73 Å². The lowest BCUT2D eigenvalue weighted by atomic mass is 9.86. The Hall–Kier alpha value is -1.81. The Labute approximate surface area is 287 Å². The van der Waals surface area contributed by atoms with Crippen LogP contribution in [0.3, 0.4) is 0 Å². The Kier molecular flexibility index (Phi) is 31.8. The van der Waals surface area contributed by atoms with Crippen molar-refractivity contribution >= 4 is 6.09 Å². The van der Waals surface area contributed by atoms with Crippen LogP contribution >= 0.6 is 0 Å². The van der Waals surface area contributed by atoms with Crippen molar-refractivity contribution in [2.45, 2.75) is 193 Å². The zero-order valence-electron chi connectivity index (χ0n) is 31.4. The molecule has 2 N–H and O–H groups in total. The lowest BCUT2D eigenvalue weighted by Gasteiger charge is -2.43. The third-order valence-electron chi connectivity index (χ3n) is 9.38. The first-order valence-electron chi connectivity index (χ1n) is 19.7. The minimum atomic E-state index is -0.655. The van der Waals surface area contributed by atoms with E-state index >= 15 is 0 Å². The molecular weight excluding hydrogens is 564 g/mol. The monoisotopic (exact) mass is 643 g/mol. The van der Waals surface area contributed by atoms with Crippen LogP contribution in [-0.2, 0) is 4.74 Å². The smallest absolute Gasteiger partial charge is 0.406 e. The molecule has 2 atom stereocenters. The Morgan fingerprint density at radius 3 is 1.35 bits per heavy atom. The highest BCUT2D eigenvalue weighted by Crippen LogP contribution is 2.34. The van der Waals surface area contributed by atoms with Gasteiger partial charge >= 0.3 is 6.09 Å². The Morgan fingerprint density at radius 1 is 0.587 bits per heavy atom. The molecule has 0 spiro atoms. The SMILES string of the molecule is CCCCC/C=C\C/C=C\CCCCCCCCC(C)C(CCCCCCCC/C=C\C/C=C\CCCCC)(OC(N)=O)N(C)C. The number of amides is 1. The first-order chi connectivity index (χ1) is 22.4. The molecule has 0 radical (unpaired) electrons. The number of carbonyl (C=O) groups is 1. The maximum atomic E-state index is 12.0. The molecule has 0 aromatic heterocycles. The zero-order chi connectivity index (χ0) is 34.0. The second kappa shape index (κ2) is 33.1. The highest BCUT2D eigenvalue weighted by molar-refractivity contribution is 5.65. The van der Waals surface area contributed by atoms with E-state index in [1.807, 2.05) is 14.1 Å². The first-order valence-corrected chi connectivity index (χ1v) is 19.7. The Bertz CT molecular complexity index is 785. The van der Waals surface area contributed by atoms with Crippen molar-refractivity contribution in [2.24, 2.45) is 11.7 Å². The molecule has 46 heavy (non-hydrogen) atoms. The van der Waals surface area contributed by atoms with E-state index in [1.165, 1.54) is 135 Å². The molecule has 4 heteroatoms. The molecule has 1 amide bonds. The van der Waals surface area contributed by atoms with Crippen LogP contribution in [0.2, 0.25) is 0 Å². The first kappa shape index (κ1) is 44.2. The highest BCUT2D eigenvalue weighted by atomic mass is 16.6. The summed E-state index contributed by atoms with van der Waals surface area (Å²) in [5.74, 6) is 0.249. The van der Waals surface area contributed by atoms with Crippen molar-refractivity contribution in [3.63, 3.8) is 0 Å². The summed E-state index contributed by atoms with van der Waals surface area (Å²) in [6.07, 6.45) is 49.7. The molecule has 0 saturated carbocycles. The van der Waals surface area contributed by atoms with E-state index in [1.54, 1.807) is 0 Å². The molecule has 0 aliphatic carbocycles. The van der Waals surface area contributed by atoms with Gasteiger partial charge in [0.25, 0.3) is 0 Å². The molecule has 0 saturated heterocycles. The number of primary amides is 1. The highest BCUT2D eigenvalue weighted by Gasteiger charge is 2.41. The van der Waals surface area contributed by atoms with Gasteiger partial charge in [0.05, 0.1) is 0 Å². The molecule has 2 unspecified atom stereocenters. The molecule has 0 aliphatic rings. The molecule has 0 aromatic carbocycles. The summed E-state index contributed by atoms with van der Waals surface area (Å²) in [5, 5.41) is 0. The van der Waals surface area contributed by atoms with Crippen molar-refractivity contribution in [1.82, 2.24) is 4.90 Å². The van der Waals surface area contributed by atoms with E-state index < -0.39 is 11.8 Å². The van der Waals surface area contributed by atoms with Gasteiger partial charge in [-0.2, -0.15) is 0 Å². The summed E-state index contributed by atoms with van der Waals surface area (Å²) >= 11 is 0. The van der Waals surface area contributed by atoms with E-state index in [0.29, 0.717) is 0 Å². The lowest BCUT2D eigenvalue weighted by Crippen LogP contribution is -2.53. The standard InChI is InChI=1S/C42H78N2O2/c1-6-8-10-12-14-16-18-20-22-24-26-28-30-32-34-36-38-40(3)42(44(4)5,46-41(43)45)39-37-35-33-31-29-27-25-23-21-19-17-15-13-11-9-7-2/h14-17,20-23,40H,6-13,18-19,24-39H2,1-5H3,(H2,43,45)/b16-14-,17-15-,22-20-,23-21-. The van der Waals surface area contributed by atoms with Crippen LogP contribution in [0.4, 0.5) is 4.79 Å². The van der Waals surface area contributed by atoms with Gasteiger partial charge in [0.1, 0.15) is 0 Å². The quantitative estimate of drug-likeness (QED) is 0.0440. The third kappa shape index (κ3) is 26.3. The van der Waals surface area contributed by atoms with Crippen LogP contribution in [0, 0.1) is 5.92 Å². The molecule has 268 valence electrons. The molecule has 0 fully saturated rings. The van der Waals surface area contributed by atoms with Gasteiger partial charge in [0.2, 0.25) is 0 Å². The van der Waals surface area contributed by atoms with Crippen molar-refractivity contribution in [3.8, 4) is 0 Å². The van der Waals surface area contributed by atoms with Gasteiger partial charge < -0.3 is 10.5 Å². The number of rotatable bonds is 33. The summed E-state index contributed by atoms with van der Waals surface area (Å²) in [4.78, 5) is 14.1. The summed E-state index contributed by atoms with van der Waals surface area (Å²) in [5.41, 5.74) is 4.99. The normalized spacial score (nSPS) is 14.4. The zero-order valence-corrected chi connectivity index (χ0v) is 31.4. The number of allylic oxidation sites excluding steroid dienone is 8. The fourth-order valence-electron chi connectivity index (χ4n) is 6.36. The largest absolute Gasteiger partial charge is 0.427 e. The van der Waals surface area contributed by atoms with Crippen LogP contribution in [0.1, 0.15) is 188 Å². The molecule has 0 rings (SSSR count). The second-order valence-corrected chi connectivity index (χ2v) is 13.8. The Balaban J connectivity index is 4.15. The van der Waals surface area contributed by atoms with E-state index in [-0.39, 0.29) is 5.92 Å². The fraction of sp³-hybridized carbons (Fsp3) is 0.786. The van der Waals surface area contributed by atoms with E-state index in [0.717, 1.165) is 32.1 Å². The fourth-order valence-corrected chi connectivity index (χ4v) is 6.36. The maximum absolute atomic E-state index is 12.0. The average Bonchev–Trinajstić information content (AvgIpc) is 3.03. The molecule has 4 nitrogen and oxygen atoms in total. The van der Waals surface area contributed by atoms with Gasteiger partial charge in [-0.25, -0.2) is 4.79 Å². The number of ether oxygens (including phenoxy) is 1. The minimum Gasteiger partial charge on any atom is -0.427 e. The summed E-state index contributed by atoms with van der Waals surface area (Å²) in [7, 11) is 4.07. The van der Waals surface area contributed by atoms with Crippen molar-refractivity contribution in [3.05, 3.63) is 48.6 Å². The number of carbonyl (C=O) groups excluding carboxylic acids is 1. The predicted molar refractivity (Wildman–Crippen MR) is 204 cm³/mol. The number of hydrogen-bond acceptors (Lipinski definition) is 3. The lowest BCUT2D eigenvalue weighted by molar-refractivity contribution is -0.133. The molecule has 0 bridgehead atoms.